The molecule has 4 atom stereocenters. The molecular weight excluding hydrogens is 150 g/mol. The maximum Gasteiger partial charge on any atom is 0.144 e. The van der Waals surface area contributed by atoms with Gasteiger partial charge in [0.1, 0.15) is 24.4 Å². The molecule has 0 aliphatic carbocycles. The van der Waals surface area contributed by atoms with Crippen LogP contribution < -0.4 is 0 Å². The highest BCUT2D eigenvalue weighted by molar-refractivity contribution is 4.97. The standard InChI is InChI=1S/C6H9NO4/c8-4-2-11-5-3(7-9)1-10-6(4)5/h3-6,8H,1-2H2/t3-,4-,5?,6?/m1/s1. The molecule has 5 heteroatoms. The van der Waals surface area contributed by atoms with E-state index in [9.17, 15) is 10.0 Å². The van der Waals surface area contributed by atoms with Crippen molar-refractivity contribution in [3.8, 4) is 0 Å². The summed E-state index contributed by atoms with van der Waals surface area (Å²) in [6.45, 7) is 0.525. The second kappa shape index (κ2) is 2.51. The molecule has 2 heterocycles. The molecule has 2 rings (SSSR count). The van der Waals surface area contributed by atoms with Gasteiger partial charge in [-0.3, -0.25) is 0 Å². The summed E-state index contributed by atoms with van der Waals surface area (Å²) in [4.78, 5) is 10.2. The lowest BCUT2D eigenvalue weighted by Crippen LogP contribution is -2.30. The SMILES string of the molecule is O=N[C@@H]1COC2C1OC[C@H]2O. The smallest absolute Gasteiger partial charge is 0.144 e. The Kier molecular flexibility index (Phi) is 1.63. The molecule has 2 aliphatic heterocycles. The lowest BCUT2D eigenvalue weighted by Gasteiger charge is -2.08. The summed E-state index contributed by atoms with van der Waals surface area (Å²) < 4.78 is 10.2. The third kappa shape index (κ3) is 0.962. The quantitative estimate of drug-likeness (QED) is 0.512. The Morgan fingerprint density at radius 2 is 2.00 bits per heavy atom. The fourth-order valence-corrected chi connectivity index (χ4v) is 1.55. The van der Waals surface area contributed by atoms with Crippen molar-refractivity contribution < 1.29 is 14.6 Å². The van der Waals surface area contributed by atoms with Crippen LogP contribution in [0.3, 0.4) is 0 Å². The molecule has 11 heavy (non-hydrogen) atoms. The number of aliphatic hydroxyl groups is 1. The van der Waals surface area contributed by atoms with Gasteiger partial charge in [-0.05, 0) is 0 Å². The number of hydrogen-bond acceptors (Lipinski definition) is 5. The van der Waals surface area contributed by atoms with Crippen LogP contribution in [0.4, 0.5) is 0 Å². The van der Waals surface area contributed by atoms with Gasteiger partial charge in [0, 0.05) is 0 Å². The fraction of sp³-hybridized carbons (Fsp3) is 1.00. The summed E-state index contributed by atoms with van der Waals surface area (Å²) in [5.74, 6) is 0. The summed E-state index contributed by atoms with van der Waals surface area (Å²) in [5.41, 5.74) is 0. The van der Waals surface area contributed by atoms with E-state index in [4.69, 9.17) is 9.47 Å². The summed E-state index contributed by atoms with van der Waals surface area (Å²) in [6.07, 6.45) is -1.24. The minimum atomic E-state index is -0.591. The van der Waals surface area contributed by atoms with E-state index in [1.165, 1.54) is 0 Å². The molecule has 0 bridgehead atoms. The molecule has 0 radical (unpaired) electrons. The van der Waals surface area contributed by atoms with E-state index in [0.717, 1.165) is 0 Å². The molecule has 0 saturated carbocycles. The van der Waals surface area contributed by atoms with E-state index >= 15 is 0 Å². The van der Waals surface area contributed by atoms with Crippen LogP contribution in [0.2, 0.25) is 0 Å². The van der Waals surface area contributed by atoms with E-state index in [2.05, 4.69) is 5.18 Å². The van der Waals surface area contributed by atoms with Crippen LogP contribution in [0.25, 0.3) is 0 Å². The molecule has 1 N–H and O–H groups in total. The first kappa shape index (κ1) is 7.15. The highest BCUT2D eigenvalue weighted by Crippen LogP contribution is 2.28. The molecule has 2 saturated heterocycles. The van der Waals surface area contributed by atoms with Crippen LogP contribution in [0.15, 0.2) is 5.18 Å². The molecule has 0 amide bonds. The Hall–Kier alpha value is -0.520. The van der Waals surface area contributed by atoms with E-state index in [0.29, 0.717) is 0 Å². The fourth-order valence-electron chi connectivity index (χ4n) is 1.55. The number of fused-ring (bicyclic) bond motifs is 1. The van der Waals surface area contributed by atoms with Gasteiger partial charge in [0.2, 0.25) is 0 Å². The largest absolute Gasteiger partial charge is 0.388 e. The zero-order valence-electron chi connectivity index (χ0n) is 5.84. The van der Waals surface area contributed by atoms with E-state index in [1.807, 2.05) is 0 Å². The number of rotatable bonds is 1. The highest BCUT2D eigenvalue weighted by atomic mass is 16.6. The Morgan fingerprint density at radius 3 is 2.73 bits per heavy atom. The van der Waals surface area contributed by atoms with Crippen molar-refractivity contribution in [1.29, 1.82) is 0 Å². The molecular formula is C6H9NO4. The average Bonchev–Trinajstić information content (AvgIpc) is 2.53. The Morgan fingerprint density at radius 1 is 1.27 bits per heavy atom. The maximum absolute atomic E-state index is 10.2. The zero-order valence-corrected chi connectivity index (χ0v) is 5.84. The first-order valence-electron chi connectivity index (χ1n) is 3.56. The molecule has 2 unspecified atom stereocenters. The Labute approximate surface area is 63.3 Å². The molecule has 0 aromatic rings. The van der Waals surface area contributed by atoms with Crippen LogP contribution >= 0.6 is 0 Å². The van der Waals surface area contributed by atoms with Gasteiger partial charge >= 0.3 is 0 Å². The summed E-state index contributed by atoms with van der Waals surface area (Å²) in [7, 11) is 0. The van der Waals surface area contributed by atoms with Gasteiger partial charge in [-0.1, -0.05) is 5.18 Å². The number of hydrogen-bond donors (Lipinski definition) is 1. The maximum atomic E-state index is 10.2. The third-order valence-corrected chi connectivity index (χ3v) is 2.14. The van der Waals surface area contributed by atoms with Gasteiger partial charge in [-0.15, -0.1) is 0 Å². The van der Waals surface area contributed by atoms with Gasteiger partial charge < -0.3 is 14.6 Å². The molecule has 0 aromatic carbocycles. The number of nitrogens with zero attached hydrogens (tertiary/aromatic N) is 1. The van der Waals surface area contributed by atoms with Gasteiger partial charge in [-0.2, -0.15) is 4.91 Å². The predicted molar refractivity (Wildman–Crippen MR) is 35.1 cm³/mol. The average molecular weight is 159 g/mol. The Bertz CT molecular complexity index is 174. The van der Waals surface area contributed by atoms with Gasteiger partial charge in [0.15, 0.2) is 0 Å². The topological polar surface area (TPSA) is 68.1 Å². The van der Waals surface area contributed by atoms with E-state index < -0.39 is 12.1 Å². The molecule has 5 nitrogen and oxygen atoms in total. The van der Waals surface area contributed by atoms with Crippen molar-refractivity contribution in [3.63, 3.8) is 0 Å². The van der Waals surface area contributed by atoms with Crippen molar-refractivity contribution in [2.24, 2.45) is 5.18 Å². The van der Waals surface area contributed by atoms with Crippen molar-refractivity contribution in [1.82, 2.24) is 0 Å². The van der Waals surface area contributed by atoms with Crippen LogP contribution in [0.1, 0.15) is 0 Å². The van der Waals surface area contributed by atoms with Gasteiger partial charge in [0.25, 0.3) is 0 Å². The van der Waals surface area contributed by atoms with Crippen LogP contribution in [0, 0.1) is 4.91 Å². The van der Waals surface area contributed by atoms with Gasteiger partial charge in [0.05, 0.1) is 13.2 Å². The zero-order chi connectivity index (χ0) is 7.84. The van der Waals surface area contributed by atoms with Crippen molar-refractivity contribution in [2.75, 3.05) is 13.2 Å². The van der Waals surface area contributed by atoms with Crippen LogP contribution in [0.5, 0.6) is 0 Å². The lowest BCUT2D eigenvalue weighted by molar-refractivity contribution is 0.0182. The van der Waals surface area contributed by atoms with E-state index in [-0.39, 0.29) is 25.4 Å². The van der Waals surface area contributed by atoms with Crippen molar-refractivity contribution >= 4 is 0 Å². The number of nitroso groups, excluding NO2 is 1. The summed E-state index contributed by atoms with van der Waals surface area (Å²) >= 11 is 0. The minimum Gasteiger partial charge on any atom is -0.388 e. The molecule has 0 spiro atoms. The first-order valence-corrected chi connectivity index (χ1v) is 3.56. The van der Waals surface area contributed by atoms with Crippen molar-refractivity contribution in [2.45, 2.75) is 24.4 Å². The molecule has 0 aromatic heterocycles. The number of aliphatic hydroxyl groups excluding tert-OH is 1. The highest BCUT2D eigenvalue weighted by Gasteiger charge is 2.47. The monoisotopic (exact) mass is 159 g/mol. The Balaban J connectivity index is 2.10. The lowest BCUT2D eigenvalue weighted by atomic mass is 10.1. The summed E-state index contributed by atoms with van der Waals surface area (Å²) in [5, 5.41) is 12.1. The first-order chi connectivity index (χ1) is 5.33. The second-order valence-electron chi connectivity index (χ2n) is 2.84. The third-order valence-electron chi connectivity index (χ3n) is 2.14. The normalized spacial score (nSPS) is 49.2. The summed E-state index contributed by atoms with van der Waals surface area (Å²) in [6, 6.07) is -0.433. The molecule has 62 valence electrons. The van der Waals surface area contributed by atoms with Gasteiger partial charge in [-0.25, -0.2) is 0 Å². The van der Waals surface area contributed by atoms with Crippen molar-refractivity contribution in [3.05, 3.63) is 4.91 Å². The molecule has 2 aliphatic rings. The minimum absolute atomic E-state index is 0.251. The van der Waals surface area contributed by atoms with Crippen LogP contribution in [-0.4, -0.2) is 42.7 Å². The second-order valence-corrected chi connectivity index (χ2v) is 2.84. The predicted octanol–water partition coefficient (Wildman–Crippen LogP) is -0.720. The molecule has 2 fully saturated rings. The number of ether oxygens (including phenoxy) is 2. The van der Waals surface area contributed by atoms with Crippen LogP contribution in [-0.2, 0) is 9.47 Å². The van der Waals surface area contributed by atoms with E-state index in [1.54, 1.807) is 0 Å².